The van der Waals surface area contributed by atoms with Crippen molar-refractivity contribution in [1.82, 2.24) is 19.8 Å². The number of hydrogen-bond acceptors (Lipinski definition) is 4. The van der Waals surface area contributed by atoms with Crippen molar-refractivity contribution in [2.75, 3.05) is 27.2 Å². The van der Waals surface area contributed by atoms with Crippen molar-refractivity contribution in [2.45, 2.75) is 75.9 Å². The van der Waals surface area contributed by atoms with Gasteiger partial charge in [-0.2, -0.15) is 0 Å². The van der Waals surface area contributed by atoms with Gasteiger partial charge in [0.1, 0.15) is 0 Å². The van der Waals surface area contributed by atoms with Crippen LogP contribution >= 0.6 is 0 Å². The van der Waals surface area contributed by atoms with E-state index < -0.39 is 0 Å². The molecule has 5 heterocycles. The zero-order chi connectivity index (χ0) is 23.2. The highest BCUT2D eigenvalue weighted by atomic mass is 16.5. The second-order valence-corrected chi connectivity index (χ2v) is 10.7. The van der Waals surface area contributed by atoms with Crippen molar-refractivity contribution in [3.05, 3.63) is 47.7 Å². The minimum absolute atomic E-state index is 0.656. The monoisotopic (exact) mass is 458 g/mol. The average molecular weight is 459 g/mol. The molecule has 3 fully saturated rings. The number of benzene rings is 1. The van der Waals surface area contributed by atoms with Crippen LogP contribution < -0.4 is 4.74 Å². The van der Waals surface area contributed by atoms with Crippen LogP contribution in [0.25, 0.3) is 22.2 Å². The van der Waals surface area contributed by atoms with E-state index in [0.29, 0.717) is 11.8 Å². The van der Waals surface area contributed by atoms with Crippen LogP contribution in [0.4, 0.5) is 0 Å². The van der Waals surface area contributed by atoms with Gasteiger partial charge in [0.05, 0.1) is 7.11 Å². The van der Waals surface area contributed by atoms with Crippen molar-refractivity contribution in [2.24, 2.45) is 0 Å². The third kappa shape index (κ3) is 3.83. The van der Waals surface area contributed by atoms with E-state index in [-0.39, 0.29) is 0 Å². The molecule has 3 saturated heterocycles. The number of piperidine rings is 2. The third-order valence-electron chi connectivity index (χ3n) is 9.11. The van der Waals surface area contributed by atoms with Gasteiger partial charge in [-0.3, -0.25) is 0 Å². The summed E-state index contributed by atoms with van der Waals surface area (Å²) in [6.45, 7) is 4.77. The molecule has 3 atom stereocenters. The lowest BCUT2D eigenvalue weighted by Gasteiger charge is -2.44. The lowest BCUT2D eigenvalue weighted by molar-refractivity contribution is 0.0601. The van der Waals surface area contributed by atoms with Crippen molar-refractivity contribution in [3.63, 3.8) is 0 Å². The zero-order valence-electron chi connectivity index (χ0n) is 20.9. The average Bonchev–Trinajstić information content (AvgIpc) is 3.33. The van der Waals surface area contributed by atoms with Gasteiger partial charge in [-0.05, 0) is 100 Å². The number of nitrogens with one attached hydrogen (secondary N) is 1. The molecule has 180 valence electrons. The van der Waals surface area contributed by atoms with Crippen molar-refractivity contribution in [1.29, 1.82) is 0 Å². The largest absolute Gasteiger partial charge is 0.481 e. The maximum absolute atomic E-state index is 5.36. The normalized spacial score (nSPS) is 26.4. The number of pyridine rings is 1. The fourth-order valence-electron chi connectivity index (χ4n) is 7.09. The topological polar surface area (TPSA) is 44.4 Å². The molecule has 1 N–H and O–H groups in total. The molecule has 3 aliphatic heterocycles. The van der Waals surface area contributed by atoms with Gasteiger partial charge in [-0.15, -0.1) is 0 Å². The van der Waals surface area contributed by atoms with E-state index >= 15 is 0 Å². The molecule has 0 radical (unpaired) electrons. The standard InChI is InChI=1S/C29H38N4O/c1-4-25-26-15-20(5-8-27(26)31-29(25)21-9-12-30-28(16-21)34-3)19-10-13-33(14-11-19)24-17-22-6-7-23(18-24)32(22)2/h5,8-9,12,15-16,19,22-24,31H,4,6-7,10-11,13-14,17-18H2,1-3H3/t22-,23+,24?. The van der Waals surface area contributed by atoms with Gasteiger partial charge < -0.3 is 19.5 Å². The van der Waals surface area contributed by atoms with Crippen LogP contribution in [0.5, 0.6) is 5.88 Å². The lowest BCUT2D eigenvalue weighted by atomic mass is 9.86. The van der Waals surface area contributed by atoms with Crippen LogP contribution in [0.15, 0.2) is 36.5 Å². The van der Waals surface area contributed by atoms with Crippen LogP contribution in [0.1, 0.15) is 62.5 Å². The number of nitrogens with zero attached hydrogens (tertiary/aromatic N) is 3. The Balaban J connectivity index is 1.20. The number of rotatable bonds is 5. The summed E-state index contributed by atoms with van der Waals surface area (Å²) in [5.41, 5.74) is 6.47. The summed E-state index contributed by atoms with van der Waals surface area (Å²) >= 11 is 0. The molecule has 1 aromatic carbocycles. The Morgan fingerprint density at radius 3 is 2.47 bits per heavy atom. The van der Waals surface area contributed by atoms with Crippen molar-refractivity contribution >= 4 is 10.9 Å². The highest BCUT2D eigenvalue weighted by Crippen LogP contribution is 2.39. The molecule has 3 aromatic rings. The number of methoxy groups -OCH3 is 1. The summed E-state index contributed by atoms with van der Waals surface area (Å²) in [7, 11) is 4.02. The number of ether oxygens (including phenoxy) is 1. The maximum atomic E-state index is 5.36. The number of aromatic amines is 1. The van der Waals surface area contributed by atoms with E-state index in [1.165, 1.54) is 79.3 Å². The summed E-state index contributed by atoms with van der Waals surface area (Å²) in [5, 5.41) is 1.38. The summed E-state index contributed by atoms with van der Waals surface area (Å²) in [6.07, 6.45) is 11.0. The fraction of sp³-hybridized carbons (Fsp3) is 0.552. The van der Waals surface area contributed by atoms with Crippen molar-refractivity contribution in [3.8, 4) is 17.1 Å². The van der Waals surface area contributed by atoms with Gasteiger partial charge in [0.15, 0.2) is 0 Å². The van der Waals surface area contributed by atoms with Crippen LogP contribution in [-0.4, -0.2) is 65.1 Å². The van der Waals surface area contributed by atoms with E-state index in [2.05, 4.69) is 58.0 Å². The number of likely N-dealkylation sites (tertiary alicyclic amines) is 1. The molecule has 1 unspecified atom stereocenters. The Hall–Kier alpha value is -2.37. The molecule has 2 aromatic heterocycles. The van der Waals surface area contributed by atoms with E-state index in [1.807, 2.05) is 12.3 Å². The fourth-order valence-corrected chi connectivity index (χ4v) is 7.09. The maximum Gasteiger partial charge on any atom is 0.213 e. The second kappa shape index (κ2) is 9.01. The minimum Gasteiger partial charge on any atom is -0.481 e. The lowest BCUT2D eigenvalue weighted by Crippen LogP contribution is -2.50. The summed E-state index contributed by atoms with van der Waals surface area (Å²) < 4.78 is 5.36. The molecule has 6 rings (SSSR count). The molecule has 0 aliphatic carbocycles. The van der Waals surface area contributed by atoms with Crippen LogP contribution in [0.3, 0.4) is 0 Å². The SMILES string of the molecule is CCc1c(-c2ccnc(OC)c2)[nH]c2ccc(C3CCN(C4C[C@H]5CC[C@@H](C4)N5C)CC3)cc12. The van der Waals surface area contributed by atoms with Crippen LogP contribution in [0.2, 0.25) is 0 Å². The molecule has 2 bridgehead atoms. The van der Waals surface area contributed by atoms with E-state index in [4.69, 9.17) is 4.74 Å². The number of hydrogen-bond donors (Lipinski definition) is 1. The van der Waals surface area contributed by atoms with E-state index in [1.54, 1.807) is 7.11 Å². The Bertz CT molecular complexity index is 1150. The second-order valence-electron chi connectivity index (χ2n) is 10.7. The smallest absolute Gasteiger partial charge is 0.213 e. The molecule has 3 aliphatic rings. The Labute approximate surface area is 203 Å². The van der Waals surface area contributed by atoms with Gasteiger partial charge in [0.25, 0.3) is 0 Å². The molecular formula is C29H38N4O. The van der Waals surface area contributed by atoms with Crippen LogP contribution in [0, 0.1) is 0 Å². The Morgan fingerprint density at radius 2 is 1.76 bits per heavy atom. The summed E-state index contributed by atoms with van der Waals surface area (Å²) in [5.74, 6) is 1.33. The third-order valence-corrected chi connectivity index (χ3v) is 9.11. The quantitative estimate of drug-likeness (QED) is 0.540. The molecule has 0 amide bonds. The van der Waals surface area contributed by atoms with Gasteiger partial charge in [0.2, 0.25) is 5.88 Å². The first-order valence-corrected chi connectivity index (χ1v) is 13.3. The van der Waals surface area contributed by atoms with Crippen molar-refractivity contribution < 1.29 is 4.74 Å². The van der Waals surface area contributed by atoms with E-state index in [9.17, 15) is 0 Å². The Kier molecular flexibility index (Phi) is 5.86. The summed E-state index contributed by atoms with van der Waals surface area (Å²) in [4.78, 5) is 13.5. The highest BCUT2D eigenvalue weighted by Gasteiger charge is 2.41. The van der Waals surface area contributed by atoms with E-state index in [0.717, 1.165) is 30.1 Å². The molecule has 5 heteroatoms. The number of fused-ring (bicyclic) bond motifs is 3. The zero-order valence-corrected chi connectivity index (χ0v) is 20.9. The Morgan fingerprint density at radius 1 is 1.00 bits per heavy atom. The summed E-state index contributed by atoms with van der Waals surface area (Å²) in [6, 6.07) is 13.7. The number of aromatic nitrogens is 2. The van der Waals surface area contributed by atoms with Gasteiger partial charge in [-0.25, -0.2) is 4.98 Å². The molecule has 0 spiro atoms. The minimum atomic E-state index is 0.656. The first kappa shape index (κ1) is 22.1. The number of H-pyrrole nitrogens is 1. The first-order chi connectivity index (χ1) is 16.6. The predicted octanol–water partition coefficient (Wildman–Crippen LogP) is 5.61. The van der Waals surface area contributed by atoms with Gasteiger partial charge in [-0.1, -0.05) is 13.0 Å². The molecule has 0 saturated carbocycles. The first-order valence-electron chi connectivity index (χ1n) is 13.3. The van der Waals surface area contributed by atoms with Crippen LogP contribution in [-0.2, 0) is 6.42 Å². The van der Waals surface area contributed by atoms with Gasteiger partial charge >= 0.3 is 0 Å². The predicted molar refractivity (Wildman–Crippen MR) is 139 cm³/mol. The molecule has 34 heavy (non-hydrogen) atoms. The highest BCUT2D eigenvalue weighted by molar-refractivity contribution is 5.91. The number of aryl methyl sites for hydroxylation is 1. The molecular weight excluding hydrogens is 420 g/mol. The molecule has 5 nitrogen and oxygen atoms in total. The van der Waals surface area contributed by atoms with Gasteiger partial charge in [0, 0.05) is 52.5 Å².